The van der Waals surface area contributed by atoms with Crippen LogP contribution in [0.25, 0.3) is 0 Å². The van der Waals surface area contributed by atoms with Crippen LogP contribution in [0.5, 0.6) is 0 Å². The standard InChI is InChI=1S/C14H27N3O/c1-3-15-13-8-6-10-17(14(13)18)11-12-7-5-9-16(12)4-2/h12-13,15H,3-11H2,1-2H3. The molecule has 0 radical (unpaired) electrons. The van der Waals surface area contributed by atoms with Gasteiger partial charge in [-0.15, -0.1) is 0 Å². The molecule has 18 heavy (non-hydrogen) atoms. The van der Waals surface area contributed by atoms with Crippen molar-refractivity contribution < 1.29 is 4.79 Å². The van der Waals surface area contributed by atoms with Gasteiger partial charge in [-0.2, -0.15) is 0 Å². The molecule has 4 nitrogen and oxygen atoms in total. The smallest absolute Gasteiger partial charge is 0.239 e. The Morgan fingerprint density at radius 3 is 2.72 bits per heavy atom. The Morgan fingerprint density at radius 2 is 2.00 bits per heavy atom. The van der Waals surface area contributed by atoms with E-state index < -0.39 is 0 Å². The summed E-state index contributed by atoms with van der Waals surface area (Å²) < 4.78 is 0. The molecule has 2 rings (SSSR count). The summed E-state index contributed by atoms with van der Waals surface area (Å²) >= 11 is 0. The van der Waals surface area contributed by atoms with E-state index in [1.807, 2.05) is 0 Å². The van der Waals surface area contributed by atoms with E-state index in [1.54, 1.807) is 0 Å². The maximum Gasteiger partial charge on any atom is 0.239 e. The molecule has 2 atom stereocenters. The predicted molar refractivity (Wildman–Crippen MR) is 73.5 cm³/mol. The van der Waals surface area contributed by atoms with Crippen LogP contribution in [0.2, 0.25) is 0 Å². The third-order valence-corrected chi connectivity index (χ3v) is 4.32. The minimum atomic E-state index is 0.0697. The van der Waals surface area contributed by atoms with Crippen LogP contribution in [0.15, 0.2) is 0 Å². The molecule has 0 aliphatic carbocycles. The van der Waals surface area contributed by atoms with E-state index in [1.165, 1.54) is 19.4 Å². The number of nitrogens with zero attached hydrogens (tertiary/aromatic N) is 2. The fourth-order valence-corrected chi connectivity index (χ4v) is 3.33. The van der Waals surface area contributed by atoms with Crippen molar-refractivity contribution in [1.29, 1.82) is 0 Å². The van der Waals surface area contributed by atoms with Crippen molar-refractivity contribution in [2.24, 2.45) is 0 Å². The van der Waals surface area contributed by atoms with E-state index in [4.69, 9.17) is 0 Å². The second kappa shape index (κ2) is 6.53. The zero-order valence-corrected chi connectivity index (χ0v) is 11.8. The highest BCUT2D eigenvalue weighted by Gasteiger charge is 2.32. The maximum atomic E-state index is 12.3. The fourth-order valence-electron chi connectivity index (χ4n) is 3.33. The number of hydrogen-bond donors (Lipinski definition) is 1. The van der Waals surface area contributed by atoms with Crippen LogP contribution >= 0.6 is 0 Å². The van der Waals surface area contributed by atoms with E-state index in [-0.39, 0.29) is 6.04 Å². The molecule has 104 valence electrons. The van der Waals surface area contributed by atoms with Gasteiger partial charge in [0.05, 0.1) is 6.04 Å². The Balaban J connectivity index is 1.89. The molecular formula is C14H27N3O. The first-order valence-electron chi connectivity index (χ1n) is 7.52. The molecule has 4 heteroatoms. The average molecular weight is 253 g/mol. The second-order valence-electron chi connectivity index (χ2n) is 5.46. The molecule has 1 amide bonds. The Hall–Kier alpha value is -0.610. The molecule has 0 aromatic carbocycles. The van der Waals surface area contributed by atoms with Crippen LogP contribution in [-0.2, 0) is 4.79 Å². The molecule has 2 saturated heterocycles. The third kappa shape index (κ3) is 3.04. The molecule has 2 heterocycles. The summed E-state index contributed by atoms with van der Waals surface area (Å²) in [6, 6.07) is 0.666. The summed E-state index contributed by atoms with van der Waals surface area (Å²) in [6.45, 7) is 9.39. The SMILES string of the molecule is CCNC1CCCN(CC2CCCN2CC)C1=O. The molecule has 2 aliphatic rings. The first kappa shape index (κ1) is 13.8. The normalized spacial score (nSPS) is 30.1. The van der Waals surface area contributed by atoms with Gasteiger partial charge in [-0.05, 0) is 45.3 Å². The molecule has 0 bridgehead atoms. The van der Waals surface area contributed by atoms with Crippen LogP contribution in [-0.4, -0.2) is 60.5 Å². The van der Waals surface area contributed by atoms with Gasteiger partial charge in [0.2, 0.25) is 5.91 Å². The minimum absolute atomic E-state index is 0.0697. The van der Waals surface area contributed by atoms with Gasteiger partial charge in [0.25, 0.3) is 0 Å². The Kier molecular flexibility index (Phi) is 5.01. The van der Waals surface area contributed by atoms with E-state index in [9.17, 15) is 4.79 Å². The van der Waals surface area contributed by atoms with Crippen molar-refractivity contribution in [2.75, 3.05) is 32.7 Å². The van der Waals surface area contributed by atoms with Crippen molar-refractivity contribution in [2.45, 2.75) is 51.6 Å². The summed E-state index contributed by atoms with van der Waals surface area (Å²) in [5, 5.41) is 3.31. The van der Waals surface area contributed by atoms with Gasteiger partial charge in [0.15, 0.2) is 0 Å². The van der Waals surface area contributed by atoms with E-state index >= 15 is 0 Å². The summed E-state index contributed by atoms with van der Waals surface area (Å²) in [5.41, 5.74) is 0. The van der Waals surface area contributed by atoms with E-state index in [2.05, 4.69) is 29.0 Å². The number of carbonyl (C=O) groups is 1. The van der Waals surface area contributed by atoms with Crippen molar-refractivity contribution in [1.82, 2.24) is 15.1 Å². The molecule has 2 fully saturated rings. The lowest BCUT2D eigenvalue weighted by Gasteiger charge is -2.36. The molecule has 0 aromatic heterocycles. The summed E-state index contributed by atoms with van der Waals surface area (Å²) in [5.74, 6) is 0.325. The molecule has 0 saturated carbocycles. The van der Waals surface area contributed by atoms with Crippen LogP contribution in [0.4, 0.5) is 0 Å². The number of amides is 1. The van der Waals surface area contributed by atoms with Crippen molar-refractivity contribution in [3.63, 3.8) is 0 Å². The number of likely N-dealkylation sites (tertiary alicyclic amines) is 2. The first-order chi connectivity index (χ1) is 8.76. The minimum Gasteiger partial charge on any atom is -0.340 e. The summed E-state index contributed by atoms with van der Waals surface area (Å²) in [7, 11) is 0. The van der Waals surface area contributed by atoms with Gasteiger partial charge >= 0.3 is 0 Å². The van der Waals surface area contributed by atoms with Gasteiger partial charge < -0.3 is 10.2 Å². The molecule has 0 aromatic rings. The second-order valence-corrected chi connectivity index (χ2v) is 5.46. The van der Waals surface area contributed by atoms with Gasteiger partial charge in [-0.25, -0.2) is 0 Å². The quantitative estimate of drug-likeness (QED) is 0.796. The number of carbonyl (C=O) groups excluding carboxylic acids is 1. The monoisotopic (exact) mass is 253 g/mol. The fraction of sp³-hybridized carbons (Fsp3) is 0.929. The zero-order chi connectivity index (χ0) is 13.0. The lowest BCUT2D eigenvalue weighted by atomic mass is 10.0. The molecule has 2 aliphatic heterocycles. The largest absolute Gasteiger partial charge is 0.340 e. The predicted octanol–water partition coefficient (Wildman–Crippen LogP) is 1.07. The number of rotatable bonds is 5. The number of likely N-dealkylation sites (N-methyl/N-ethyl adjacent to an activating group) is 2. The average Bonchev–Trinajstić information content (AvgIpc) is 2.82. The summed E-state index contributed by atoms with van der Waals surface area (Å²) in [4.78, 5) is 17.0. The molecule has 2 unspecified atom stereocenters. The highest BCUT2D eigenvalue weighted by molar-refractivity contribution is 5.82. The number of nitrogens with one attached hydrogen (secondary N) is 1. The topological polar surface area (TPSA) is 35.6 Å². The van der Waals surface area contributed by atoms with Gasteiger partial charge in [-0.1, -0.05) is 13.8 Å². The van der Waals surface area contributed by atoms with Gasteiger partial charge in [0, 0.05) is 19.1 Å². The van der Waals surface area contributed by atoms with Crippen LogP contribution in [0, 0.1) is 0 Å². The van der Waals surface area contributed by atoms with Crippen molar-refractivity contribution >= 4 is 5.91 Å². The molecule has 1 N–H and O–H groups in total. The van der Waals surface area contributed by atoms with Gasteiger partial charge in [0.1, 0.15) is 0 Å². The molecular weight excluding hydrogens is 226 g/mol. The van der Waals surface area contributed by atoms with Crippen molar-refractivity contribution in [3.8, 4) is 0 Å². The van der Waals surface area contributed by atoms with Gasteiger partial charge in [-0.3, -0.25) is 9.69 Å². The van der Waals surface area contributed by atoms with E-state index in [0.29, 0.717) is 11.9 Å². The highest BCUT2D eigenvalue weighted by Crippen LogP contribution is 2.20. The highest BCUT2D eigenvalue weighted by atomic mass is 16.2. The van der Waals surface area contributed by atoms with Crippen LogP contribution in [0.1, 0.15) is 39.5 Å². The van der Waals surface area contributed by atoms with E-state index in [0.717, 1.165) is 39.0 Å². The molecule has 0 spiro atoms. The van der Waals surface area contributed by atoms with Crippen LogP contribution < -0.4 is 5.32 Å². The van der Waals surface area contributed by atoms with Crippen molar-refractivity contribution in [3.05, 3.63) is 0 Å². The number of hydrogen-bond acceptors (Lipinski definition) is 3. The Bertz CT molecular complexity index is 280. The Morgan fingerprint density at radius 1 is 1.22 bits per heavy atom. The lowest BCUT2D eigenvalue weighted by Crippen LogP contribution is -2.53. The number of piperidine rings is 1. The third-order valence-electron chi connectivity index (χ3n) is 4.32. The zero-order valence-electron chi connectivity index (χ0n) is 11.8. The lowest BCUT2D eigenvalue weighted by molar-refractivity contribution is -0.136. The van der Waals surface area contributed by atoms with Crippen LogP contribution in [0.3, 0.4) is 0 Å². The Labute approximate surface area is 111 Å². The summed E-state index contributed by atoms with van der Waals surface area (Å²) in [6.07, 6.45) is 4.69. The first-order valence-corrected chi connectivity index (χ1v) is 7.52. The maximum absolute atomic E-state index is 12.3.